The van der Waals surface area contributed by atoms with Gasteiger partial charge in [0.15, 0.2) is 23.7 Å². The topological polar surface area (TPSA) is 457 Å². The van der Waals surface area contributed by atoms with Crippen LogP contribution in [0.1, 0.15) is 12.5 Å². The first-order valence-corrected chi connectivity index (χ1v) is 22.2. The van der Waals surface area contributed by atoms with Crippen LogP contribution in [0.25, 0.3) is 22.3 Å². The van der Waals surface area contributed by atoms with Gasteiger partial charge in [-0.05, 0) is 0 Å². The molecule has 0 aromatic carbocycles. The number of hydrogen-bond donors (Lipinski definition) is 10. The number of fused-ring (bicyclic) bond motifs is 2. The van der Waals surface area contributed by atoms with Crippen LogP contribution in [0.2, 0.25) is 0 Å². The van der Waals surface area contributed by atoms with Gasteiger partial charge in [-0.25, -0.2) is 27.3 Å². The summed E-state index contributed by atoms with van der Waals surface area (Å²) in [7, 11) is -20.2. The molecule has 0 radical (unpaired) electrons. The van der Waals surface area contributed by atoms with Gasteiger partial charge >= 0.3 is 28.9 Å². The second kappa shape index (κ2) is 16.2. The van der Waals surface area contributed by atoms with Gasteiger partial charge < -0.3 is 69.6 Å². The number of nitrogens with zero attached hydrogens (tertiary/aromatic N) is 6. The number of aliphatic hydroxyl groups is 2. The summed E-state index contributed by atoms with van der Waals surface area (Å²) in [6.45, 7) is -2.03. The molecule has 35 heteroatoms. The molecule has 4 aromatic rings. The van der Waals surface area contributed by atoms with E-state index in [1.807, 2.05) is 0 Å². The summed E-state index contributed by atoms with van der Waals surface area (Å²) in [6, 6.07) is 0. The summed E-state index contributed by atoms with van der Waals surface area (Å²) in [5.74, 6) is -0.623. The second-order valence-corrected chi connectivity index (χ2v) is 18.5. The van der Waals surface area contributed by atoms with E-state index in [1.54, 1.807) is 0 Å². The monoisotopic (exact) mass is 910 g/mol. The maximum atomic E-state index is 12.7. The van der Waals surface area contributed by atoms with Crippen molar-refractivity contribution in [2.24, 2.45) is 7.05 Å². The minimum atomic E-state index is -6.05. The van der Waals surface area contributed by atoms with E-state index >= 15 is 0 Å². The first kappa shape index (κ1) is 44.2. The molecule has 0 amide bonds. The van der Waals surface area contributed by atoms with Crippen molar-refractivity contribution in [3.63, 3.8) is 0 Å². The van der Waals surface area contributed by atoms with Gasteiger partial charge in [-0.2, -0.15) is 4.98 Å². The summed E-state index contributed by atoms with van der Waals surface area (Å²) in [4.78, 5) is 92.8. The van der Waals surface area contributed by atoms with Crippen LogP contribution in [0.4, 0.5) is 11.9 Å². The summed E-state index contributed by atoms with van der Waals surface area (Å²) in [5.41, 5.74) is 9.38. The van der Waals surface area contributed by atoms with E-state index in [-0.39, 0.29) is 34.2 Å². The maximum absolute atomic E-state index is 12.7. The smallest absolute Gasteiger partial charge is 0.486 e. The molecule has 3 unspecified atom stereocenters. The molecule has 2 fully saturated rings. The fourth-order valence-electron chi connectivity index (χ4n) is 6.08. The molecule has 0 aliphatic carbocycles. The lowest BCUT2D eigenvalue weighted by atomic mass is 10.1. The van der Waals surface area contributed by atoms with E-state index in [4.69, 9.17) is 34.9 Å². The lowest BCUT2D eigenvalue weighted by Gasteiger charge is -2.27. The van der Waals surface area contributed by atoms with E-state index in [0.29, 0.717) is 0 Å². The summed E-state index contributed by atoms with van der Waals surface area (Å²) in [5, 5.41) is 21.2. The molecule has 31 nitrogen and oxygen atoms in total. The molecular weight excluding hydrogens is 876 g/mol. The number of imidazole rings is 2. The number of nitrogens with two attached hydrogens (primary N) is 2. The Morgan fingerprint density at radius 1 is 0.948 bits per heavy atom. The number of methoxy groups -OCH3 is 1. The number of nitrogen functional groups attached to an aromatic ring is 2. The highest BCUT2D eigenvalue weighted by Gasteiger charge is 2.51. The third-order valence-corrected chi connectivity index (χ3v) is 13.3. The maximum Gasteiger partial charge on any atom is 0.486 e. The van der Waals surface area contributed by atoms with Crippen LogP contribution in [-0.2, 0) is 61.9 Å². The number of aliphatic hydroxyl groups excluding tert-OH is 2. The van der Waals surface area contributed by atoms with Crippen LogP contribution in [0.3, 0.4) is 0 Å². The summed E-state index contributed by atoms with van der Waals surface area (Å²) < 4.78 is 92.3. The van der Waals surface area contributed by atoms with E-state index in [2.05, 4.69) is 38.1 Å². The van der Waals surface area contributed by atoms with Crippen LogP contribution in [0, 0.1) is 0 Å². The molecule has 11 atom stereocenters. The third kappa shape index (κ3) is 9.48. The Labute approximate surface area is 321 Å². The highest BCUT2D eigenvalue weighted by Crippen LogP contribution is 2.66. The number of H-pyrrole nitrogens is 2. The van der Waals surface area contributed by atoms with Crippen molar-refractivity contribution in [2.45, 2.75) is 49.1 Å². The normalized spacial score (nSPS) is 28.5. The minimum Gasteiger partial charge on any atom is -0.756 e. The van der Waals surface area contributed by atoms with E-state index in [1.165, 1.54) is 17.9 Å². The van der Waals surface area contributed by atoms with E-state index in [9.17, 15) is 62.5 Å². The predicted octanol–water partition coefficient (Wildman–Crippen LogP) is -4.37. The number of aromatic nitrogens is 8. The second-order valence-electron chi connectivity index (χ2n) is 12.4. The number of aromatic amines is 2. The summed E-state index contributed by atoms with van der Waals surface area (Å²) >= 11 is 0. The molecule has 12 N–H and O–H groups in total. The lowest BCUT2D eigenvalue weighted by molar-refractivity contribution is -0.745. The number of hydrogen-bond acceptors (Lipinski definition) is 22. The van der Waals surface area contributed by atoms with Crippen molar-refractivity contribution in [2.75, 3.05) is 38.1 Å². The minimum absolute atomic E-state index is 0.0106. The van der Waals surface area contributed by atoms with Crippen molar-refractivity contribution in [3.05, 3.63) is 33.4 Å². The van der Waals surface area contributed by atoms with Gasteiger partial charge in [0.05, 0.1) is 26.6 Å². The highest BCUT2D eigenvalue weighted by molar-refractivity contribution is 7.68. The van der Waals surface area contributed by atoms with Gasteiger partial charge in [-0.15, -0.1) is 0 Å². The molecule has 2 aliphatic rings. The Balaban J connectivity index is 1.07. The largest absolute Gasteiger partial charge is 0.756 e. The molecule has 6 heterocycles. The molecule has 2 saturated heterocycles. The Morgan fingerprint density at radius 3 is 2.29 bits per heavy atom. The number of ether oxygens (including phenoxy) is 4. The highest BCUT2D eigenvalue weighted by atomic mass is 31.3. The number of rotatable bonds is 16. The molecule has 6 rings (SSSR count). The quantitative estimate of drug-likeness (QED) is 0.0375. The zero-order valence-corrected chi connectivity index (χ0v) is 32.9. The third-order valence-electron chi connectivity index (χ3n) is 8.31. The number of phosphoric ester groups is 2. The molecule has 322 valence electrons. The van der Waals surface area contributed by atoms with Gasteiger partial charge in [0.2, 0.25) is 17.7 Å². The van der Waals surface area contributed by atoms with Gasteiger partial charge in [0.1, 0.15) is 43.0 Å². The van der Waals surface area contributed by atoms with Crippen molar-refractivity contribution >= 4 is 65.3 Å². The van der Waals surface area contributed by atoms with Crippen LogP contribution in [-0.4, -0.2) is 127 Å². The Hall–Kier alpha value is -3.38. The molecule has 0 spiro atoms. The zero-order chi connectivity index (χ0) is 42.7. The van der Waals surface area contributed by atoms with Crippen molar-refractivity contribution in [1.82, 2.24) is 34.1 Å². The van der Waals surface area contributed by atoms with Crippen LogP contribution in [0.15, 0.2) is 22.2 Å². The zero-order valence-electron chi connectivity index (χ0n) is 29.3. The lowest BCUT2D eigenvalue weighted by Crippen LogP contribution is -2.46. The summed E-state index contributed by atoms with van der Waals surface area (Å²) in [6.07, 6.45) is -12.0. The van der Waals surface area contributed by atoms with Crippen LogP contribution < -0.4 is 32.0 Å². The molecular formula is C23H34N10O21P4. The van der Waals surface area contributed by atoms with Crippen LogP contribution >= 0.6 is 31.1 Å². The number of nitrogens with one attached hydrogen (secondary N) is 2. The number of aryl methyl sites for hydroxylation is 1. The first-order valence-electron chi connectivity index (χ1n) is 15.9. The Kier molecular flexibility index (Phi) is 12.4. The average molecular weight is 910 g/mol. The van der Waals surface area contributed by atoms with E-state index < -0.39 is 111 Å². The molecule has 0 bridgehead atoms. The van der Waals surface area contributed by atoms with Crippen LogP contribution in [0.5, 0.6) is 0 Å². The standard InChI is InChI=1S/C23H34N10O21P4/c1-31-6-33(17-11(31)19(37)30-23(25)28-17)20-13(35)12(34)8(50-20)4-49-57(43,44)54-58(45,46)53-55(38,39)7-48-3-9-14(52-56(40,41)42)15(47-2)21(51-9)32-5-26-10-16(32)27-22(24)29-18(10)36/h5-6,8-9,12-15,20-21,34-35H,3-4,7H2,1-2H3,(H10-,24,25,27,28,29,30,36,37,38,39,40,41,42,43,44,45,46)/t8-,9-,12-,13-,14-,15-,20-,21-/m1/s1. The van der Waals surface area contributed by atoms with Gasteiger partial charge in [-0.1, -0.05) is 4.98 Å². The van der Waals surface area contributed by atoms with Gasteiger partial charge in [0, 0.05) is 7.11 Å². The van der Waals surface area contributed by atoms with Crippen molar-refractivity contribution in [3.8, 4) is 0 Å². The molecule has 58 heavy (non-hydrogen) atoms. The SMILES string of the molecule is CO[C@@H]1[C@H](OP(=O)(O)O)[C@@H](COCP(=O)(O)OP(=O)(O)OP(=O)([O-])OC[C@H]2O[C@@H]([n+]3cn(C)c4c(=O)[nH]c(N)nc43)[C@H](O)[C@@H]2O)O[C@H]1n1cnc2c(=O)[nH]c(N)nc21. The first-order chi connectivity index (χ1) is 26.9. The average Bonchev–Trinajstić information content (AvgIpc) is 3.81. The molecule has 2 aliphatic heterocycles. The molecule has 4 aromatic heterocycles. The fourth-order valence-corrected chi connectivity index (χ4v) is 10.4. The number of anilines is 2. The predicted molar refractivity (Wildman–Crippen MR) is 182 cm³/mol. The fraction of sp³-hybridized carbons (Fsp3) is 0.565. The molecule has 0 saturated carbocycles. The van der Waals surface area contributed by atoms with Crippen molar-refractivity contribution < 1.29 is 94.1 Å². The van der Waals surface area contributed by atoms with Gasteiger partial charge in [-0.3, -0.25) is 42.3 Å². The Bertz CT molecular complexity index is 2510. The van der Waals surface area contributed by atoms with Crippen molar-refractivity contribution in [1.29, 1.82) is 0 Å². The number of phosphoric acid groups is 3. The Morgan fingerprint density at radius 2 is 1.62 bits per heavy atom. The van der Waals surface area contributed by atoms with E-state index in [0.717, 1.165) is 22.6 Å². The van der Waals surface area contributed by atoms with Gasteiger partial charge in [0.25, 0.3) is 24.9 Å².